The Balaban J connectivity index is 2.16. The first-order valence-corrected chi connectivity index (χ1v) is 5.61. The van der Waals surface area contributed by atoms with Gasteiger partial charge in [-0.1, -0.05) is 6.92 Å². The molecule has 2 heterocycles. The molecule has 1 fully saturated rings. The summed E-state index contributed by atoms with van der Waals surface area (Å²) < 4.78 is 8.16. The van der Waals surface area contributed by atoms with E-state index in [4.69, 9.17) is 17.0 Å². The predicted molar refractivity (Wildman–Crippen MR) is 60.6 cm³/mol. The molecule has 0 bridgehead atoms. The van der Waals surface area contributed by atoms with Crippen molar-refractivity contribution < 1.29 is 4.74 Å². The zero-order valence-electron chi connectivity index (χ0n) is 9.06. The summed E-state index contributed by atoms with van der Waals surface area (Å²) >= 11 is 5.09. The molecule has 0 aromatic carbocycles. The molecule has 0 aliphatic carbocycles. The topological polar surface area (TPSA) is 46.1 Å². The van der Waals surface area contributed by atoms with E-state index in [1.165, 1.54) is 0 Å². The number of morpholine rings is 1. The molecular weight excluding hydrogens is 212 g/mol. The Morgan fingerprint density at radius 3 is 3.07 bits per heavy atom. The normalized spacial score (nSPS) is 22.0. The van der Waals surface area contributed by atoms with Gasteiger partial charge in [0.05, 0.1) is 12.7 Å². The van der Waals surface area contributed by atoms with Gasteiger partial charge >= 0.3 is 0 Å². The van der Waals surface area contributed by atoms with Crippen LogP contribution in [0.4, 0.5) is 5.95 Å². The Kier molecular flexibility index (Phi) is 3.06. The molecule has 1 aliphatic rings. The summed E-state index contributed by atoms with van der Waals surface area (Å²) in [6.07, 6.45) is 1.34. The van der Waals surface area contributed by atoms with E-state index in [2.05, 4.69) is 22.0 Å². The van der Waals surface area contributed by atoms with Crippen LogP contribution in [0.3, 0.4) is 0 Å². The minimum Gasteiger partial charge on any atom is -0.375 e. The second kappa shape index (κ2) is 4.32. The van der Waals surface area contributed by atoms with Gasteiger partial charge in [0.25, 0.3) is 0 Å². The smallest absolute Gasteiger partial charge is 0.225 e. The number of nitrogens with one attached hydrogen (secondary N) is 1. The molecule has 15 heavy (non-hydrogen) atoms. The number of ether oxygens (including phenoxy) is 1. The number of aromatic nitrogens is 3. The molecule has 1 unspecified atom stereocenters. The van der Waals surface area contributed by atoms with Gasteiger partial charge < -0.3 is 9.64 Å². The minimum atomic E-state index is 0.309. The fourth-order valence-corrected chi connectivity index (χ4v) is 1.90. The molecule has 1 N–H and O–H groups in total. The highest BCUT2D eigenvalue weighted by molar-refractivity contribution is 7.71. The second-order valence-electron chi connectivity index (χ2n) is 3.73. The zero-order chi connectivity index (χ0) is 10.8. The molecule has 0 radical (unpaired) electrons. The fraction of sp³-hybridized carbons (Fsp3) is 0.778. The lowest BCUT2D eigenvalue weighted by Gasteiger charge is -2.32. The van der Waals surface area contributed by atoms with Crippen LogP contribution in [0.2, 0.25) is 0 Å². The van der Waals surface area contributed by atoms with Crippen LogP contribution in [0.1, 0.15) is 13.3 Å². The quantitative estimate of drug-likeness (QED) is 0.770. The van der Waals surface area contributed by atoms with Crippen LogP contribution in [0, 0.1) is 4.77 Å². The first-order chi connectivity index (χ1) is 7.22. The van der Waals surface area contributed by atoms with Gasteiger partial charge in [-0.15, -0.1) is 5.10 Å². The van der Waals surface area contributed by atoms with Gasteiger partial charge in [0.2, 0.25) is 5.95 Å². The maximum absolute atomic E-state index is 5.61. The van der Waals surface area contributed by atoms with Crippen LogP contribution in [-0.4, -0.2) is 40.6 Å². The van der Waals surface area contributed by atoms with Crippen LogP contribution >= 0.6 is 12.2 Å². The highest BCUT2D eigenvalue weighted by Gasteiger charge is 2.21. The van der Waals surface area contributed by atoms with Gasteiger partial charge in [0.1, 0.15) is 0 Å². The Hall–Kier alpha value is -0.880. The van der Waals surface area contributed by atoms with Crippen molar-refractivity contribution in [2.24, 2.45) is 7.05 Å². The highest BCUT2D eigenvalue weighted by Crippen LogP contribution is 2.15. The summed E-state index contributed by atoms with van der Waals surface area (Å²) in [5, 5.41) is 7.02. The molecule has 1 atom stereocenters. The van der Waals surface area contributed by atoms with E-state index in [1.54, 1.807) is 0 Å². The maximum atomic E-state index is 5.61. The monoisotopic (exact) mass is 228 g/mol. The zero-order valence-corrected chi connectivity index (χ0v) is 9.88. The molecule has 0 saturated carbocycles. The molecule has 0 spiro atoms. The van der Waals surface area contributed by atoms with E-state index in [-0.39, 0.29) is 0 Å². The molecule has 1 saturated heterocycles. The Morgan fingerprint density at radius 1 is 1.67 bits per heavy atom. The molecule has 1 aromatic heterocycles. The Morgan fingerprint density at radius 2 is 2.47 bits per heavy atom. The molecular formula is C9H16N4OS. The lowest BCUT2D eigenvalue weighted by atomic mass is 10.2. The van der Waals surface area contributed by atoms with Crippen molar-refractivity contribution in [3.63, 3.8) is 0 Å². The van der Waals surface area contributed by atoms with Gasteiger partial charge in [-0.2, -0.15) is 0 Å². The van der Waals surface area contributed by atoms with Gasteiger partial charge in [-0.05, 0) is 18.6 Å². The van der Waals surface area contributed by atoms with Crippen molar-refractivity contribution >= 4 is 18.2 Å². The van der Waals surface area contributed by atoms with Gasteiger partial charge in [0.15, 0.2) is 4.77 Å². The Bertz CT molecular complexity index is 386. The van der Waals surface area contributed by atoms with Gasteiger partial charge in [-0.3, -0.25) is 4.57 Å². The summed E-state index contributed by atoms with van der Waals surface area (Å²) in [5.74, 6) is 0.904. The highest BCUT2D eigenvalue weighted by atomic mass is 32.1. The van der Waals surface area contributed by atoms with E-state index in [0.29, 0.717) is 10.9 Å². The maximum Gasteiger partial charge on any atom is 0.225 e. The number of H-pyrrole nitrogens is 1. The third-order valence-corrected chi connectivity index (χ3v) is 3.10. The van der Waals surface area contributed by atoms with Crippen molar-refractivity contribution in [1.29, 1.82) is 0 Å². The molecule has 2 rings (SSSR count). The standard InChI is InChI=1S/C9H16N4OS/c1-3-7-6-13(4-5-14-7)8-10-11-9(15)12(8)2/h7H,3-6H2,1-2H3,(H,11,15). The summed E-state index contributed by atoms with van der Waals surface area (Å²) in [6.45, 7) is 4.67. The van der Waals surface area contributed by atoms with Gasteiger partial charge in [-0.25, -0.2) is 5.10 Å². The average molecular weight is 228 g/mol. The van der Waals surface area contributed by atoms with E-state index in [9.17, 15) is 0 Å². The van der Waals surface area contributed by atoms with Crippen LogP contribution in [0.5, 0.6) is 0 Å². The molecule has 84 valence electrons. The number of hydrogen-bond donors (Lipinski definition) is 1. The molecule has 5 nitrogen and oxygen atoms in total. The Labute approximate surface area is 94.0 Å². The van der Waals surface area contributed by atoms with Crippen LogP contribution in [0.25, 0.3) is 0 Å². The third kappa shape index (κ3) is 2.05. The number of anilines is 1. The largest absolute Gasteiger partial charge is 0.375 e. The first kappa shape index (κ1) is 10.6. The van der Waals surface area contributed by atoms with E-state index in [1.807, 2.05) is 11.6 Å². The van der Waals surface area contributed by atoms with E-state index < -0.39 is 0 Å². The lowest BCUT2D eigenvalue weighted by molar-refractivity contribution is 0.0377. The van der Waals surface area contributed by atoms with Crippen molar-refractivity contribution in [3.05, 3.63) is 4.77 Å². The summed E-state index contributed by atoms with van der Waals surface area (Å²) in [4.78, 5) is 2.21. The number of hydrogen-bond acceptors (Lipinski definition) is 4. The summed E-state index contributed by atoms with van der Waals surface area (Å²) in [6, 6.07) is 0. The van der Waals surface area contributed by atoms with Crippen molar-refractivity contribution in [1.82, 2.24) is 14.8 Å². The second-order valence-corrected chi connectivity index (χ2v) is 4.12. The minimum absolute atomic E-state index is 0.309. The van der Waals surface area contributed by atoms with Crippen LogP contribution in [0.15, 0.2) is 0 Å². The average Bonchev–Trinajstić information content (AvgIpc) is 2.60. The van der Waals surface area contributed by atoms with E-state index >= 15 is 0 Å². The van der Waals surface area contributed by atoms with Crippen LogP contribution in [-0.2, 0) is 11.8 Å². The molecule has 6 heteroatoms. The molecule has 1 aromatic rings. The number of aromatic amines is 1. The summed E-state index contributed by atoms with van der Waals surface area (Å²) in [5.41, 5.74) is 0. The van der Waals surface area contributed by atoms with Crippen molar-refractivity contribution in [2.75, 3.05) is 24.6 Å². The fourth-order valence-electron chi connectivity index (χ4n) is 1.77. The number of nitrogens with zero attached hydrogens (tertiary/aromatic N) is 3. The van der Waals surface area contributed by atoms with Crippen molar-refractivity contribution in [2.45, 2.75) is 19.4 Å². The predicted octanol–water partition coefficient (Wildman–Crippen LogP) is 1.09. The van der Waals surface area contributed by atoms with Crippen LogP contribution < -0.4 is 4.90 Å². The molecule has 1 aliphatic heterocycles. The first-order valence-electron chi connectivity index (χ1n) is 5.20. The number of rotatable bonds is 2. The summed E-state index contributed by atoms with van der Waals surface area (Å²) in [7, 11) is 1.93. The van der Waals surface area contributed by atoms with Crippen molar-refractivity contribution in [3.8, 4) is 0 Å². The third-order valence-electron chi connectivity index (χ3n) is 2.73. The van der Waals surface area contributed by atoms with Gasteiger partial charge in [0, 0.05) is 20.1 Å². The van der Waals surface area contributed by atoms with E-state index in [0.717, 1.165) is 32.1 Å². The lowest BCUT2D eigenvalue weighted by Crippen LogP contribution is -2.43. The SMILES string of the molecule is CCC1CN(c2n[nH]c(=S)n2C)CCO1. The molecule has 0 amide bonds.